The number of rotatable bonds is 10. The molecule has 1 aromatic carbocycles. The Morgan fingerprint density at radius 2 is 1.97 bits per heavy atom. The summed E-state index contributed by atoms with van der Waals surface area (Å²) in [7, 11) is 1.59. The van der Waals surface area contributed by atoms with Gasteiger partial charge in [-0.1, -0.05) is 19.9 Å². The number of hydrogen-bond donors (Lipinski definition) is 1. The smallest absolute Gasteiger partial charge is 0.490 e. The Balaban J connectivity index is 2.01. The van der Waals surface area contributed by atoms with Crippen LogP contribution in [0.5, 0.6) is 11.5 Å². The molecule has 1 N–H and O–H groups in total. The molecule has 0 saturated carbocycles. The van der Waals surface area contributed by atoms with E-state index in [1.807, 2.05) is 38.7 Å². The predicted molar refractivity (Wildman–Crippen MR) is 133 cm³/mol. The van der Waals surface area contributed by atoms with E-state index >= 15 is 0 Å². The van der Waals surface area contributed by atoms with Crippen molar-refractivity contribution < 1.29 is 28.5 Å². The largest absolute Gasteiger partial charge is 0.513 e. The molecule has 2 heterocycles. The zero-order valence-corrected chi connectivity index (χ0v) is 21.3. The number of nitrogens with zero attached hydrogens (tertiary/aromatic N) is 2. The van der Waals surface area contributed by atoms with E-state index in [2.05, 4.69) is 10.3 Å². The molecule has 1 aliphatic heterocycles. The summed E-state index contributed by atoms with van der Waals surface area (Å²) >= 11 is 0. The molecule has 1 aliphatic rings. The number of aromatic nitrogens is 1. The topological polar surface area (TPSA) is 99.2 Å². The van der Waals surface area contributed by atoms with Crippen molar-refractivity contribution in [3.63, 3.8) is 0 Å². The third kappa shape index (κ3) is 7.05. The minimum Gasteiger partial charge on any atom is -0.490 e. The predicted octanol–water partition coefficient (Wildman–Crippen LogP) is 4.03. The lowest BCUT2D eigenvalue weighted by atomic mass is 10.0. The summed E-state index contributed by atoms with van der Waals surface area (Å²) in [5.41, 5.74) is 0.591. The highest BCUT2D eigenvalue weighted by molar-refractivity contribution is 5.99. The number of carbonyl (C=O) groups is 2. The SMILES string of the molecule is COCCOc1cc(C(=O)N(C(C)C)[C@@H]2CCCNC2)nc2c(OC(=O)OCC(C)C)cccc12. The molecular formula is C26H37N3O6. The second-order valence-electron chi connectivity index (χ2n) is 9.36. The van der Waals surface area contributed by atoms with Crippen LogP contribution in [-0.2, 0) is 9.47 Å². The first-order chi connectivity index (χ1) is 16.8. The van der Waals surface area contributed by atoms with Gasteiger partial charge in [0.1, 0.15) is 23.6 Å². The maximum Gasteiger partial charge on any atom is 0.513 e. The molecule has 0 radical (unpaired) electrons. The van der Waals surface area contributed by atoms with Crippen LogP contribution in [0, 0.1) is 5.92 Å². The Kier molecular flexibility index (Phi) is 9.68. The van der Waals surface area contributed by atoms with Crippen molar-refractivity contribution in [1.82, 2.24) is 15.2 Å². The highest BCUT2D eigenvalue weighted by Gasteiger charge is 2.30. The molecule has 1 atom stereocenters. The molecule has 9 heteroatoms. The van der Waals surface area contributed by atoms with Gasteiger partial charge in [0, 0.05) is 37.2 Å². The summed E-state index contributed by atoms with van der Waals surface area (Å²) in [5.74, 6) is 0.665. The van der Waals surface area contributed by atoms with Crippen LogP contribution in [0.2, 0.25) is 0 Å². The van der Waals surface area contributed by atoms with Crippen LogP contribution < -0.4 is 14.8 Å². The van der Waals surface area contributed by atoms with Crippen molar-refractivity contribution >= 4 is 23.0 Å². The van der Waals surface area contributed by atoms with Gasteiger partial charge in [0.25, 0.3) is 5.91 Å². The number of hydrogen-bond acceptors (Lipinski definition) is 8. The lowest BCUT2D eigenvalue weighted by Gasteiger charge is -2.37. The Hall–Kier alpha value is -2.91. The van der Waals surface area contributed by atoms with Gasteiger partial charge in [0.2, 0.25) is 0 Å². The Morgan fingerprint density at radius 3 is 2.63 bits per heavy atom. The van der Waals surface area contributed by atoms with Crippen molar-refractivity contribution in [3.05, 3.63) is 30.0 Å². The number of amides is 1. The molecule has 0 spiro atoms. The number of piperidine rings is 1. The number of benzene rings is 1. The molecule has 1 aromatic heterocycles. The van der Waals surface area contributed by atoms with E-state index in [1.54, 1.807) is 25.3 Å². The van der Waals surface area contributed by atoms with Crippen molar-refractivity contribution in [3.8, 4) is 11.5 Å². The molecule has 35 heavy (non-hydrogen) atoms. The number of carbonyl (C=O) groups excluding carboxylic acids is 2. The van der Waals surface area contributed by atoms with E-state index in [0.717, 1.165) is 25.9 Å². The Labute approximate surface area is 207 Å². The van der Waals surface area contributed by atoms with E-state index in [-0.39, 0.29) is 42.0 Å². The highest BCUT2D eigenvalue weighted by Crippen LogP contribution is 2.33. The van der Waals surface area contributed by atoms with Crippen LogP contribution in [0.4, 0.5) is 4.79 Å². The molecule has 3 rings (SSSR count). The average molecular weight is 488 g/mol. The van der Waals surface area contributed by atoms with Crippen LogP contribution in [0.15, 0.2) is 24.3 Å². The maximum absolute atomic E-state index is 13.7. The molecular weight excluding hydrogens is 450 g/mol. The number of fused-ring (bicyclic) bond motifs is 1. The first kappa shape index (κ1) is 26.7. The summed E-state index contributed by atoms with van der Waals surface area (Å²) in [5, 5.41) is 4.01. The lowest BCUT2D eigenvalue weighted by Crippen LogP contribution is -2.51. The molecule has 2 aromatic rings. The molecule has 192 valence electrons. The van der Waals surface area contributed by atoms with Crippen molar-refractivity contribution in [2.24, 2.45) is 5.92 Å². The van der Waals surface area contributed by atoms with E-state index in [1.165, 1.54) is 0 Å². The molecule has 0 aliphatic carbocycles. The first-order valence-corrected chi connectivity index (χ1v) is 12.2. The van der Waals surface area contributed by atoms with Crippen molar-refractivity contribution in [2.45, 2.75) is 52.6 Å². The number of nitrogens with one attached hydrogen (secondary N) is 1. The quantitative estimate of drug-likeness (QED) is 0.305. The summed E-state index contributed by atoms with van der Waals surface area (Å²) in [6, 6.07) is 6.91. The summed E-state index contributed by atoms with van der Waals surface area (Å²) in [6.45, 7) is 10.5. The van der Waals surface area contributed by atoms with Gasteiger partial charge in [-0.3, -0.25) is 4.79 Å². The van der Waals surface area contributed by atoms with Gasteiger partial charge in [-0.15, -0.1) is 0 Å². The lowest BCUT2D eigenvalue weighted by molar-refractivity contribution is 0.0567. The van der Waals surface area contributed by atoms with Gasteiger partial charge < -0.3 is 29.2 Å². The fourth-order valence-corrected chi connectivity index (χ4v) is 4.12. The monoisotopic (exact) mass is 487 g/mol. The second kappa shape index (κ2) is 12.7. The Bertz CT molecular complexity index is 1000. The average Bonchev–Trinajstić information content (AvgIpc) is 2.83. The van der Waals surface area contributed by atoms with Crippen molar-refractivity contribution in [1.29, 1.82) is 0 Å². The molecule has 0 unspecified atom stereocenters. The molecule has 1 saturated heterocycles. The number of methoxy groups -OCH3 is 1. The van der Waals surface area contributed by atoms with Gasteiger partial charge >= 0.3 is 6.16 Å². The number of ether oxygens (including phenoxy) is 4. The first-order valence-electron chi connectivity index (χ1n) is 12.2. The van der Waals surface area contributed by atoms with E-state index < -0.39 is 6.16 Å². The zero-order valence-electron chi connectivity index (χ0n) is 21.3. The zero-order chi connectivity index (χ0) is 25.4. The minimum absolute atomic E-state index is 0.0136. The standard InChI is InChI=1S/C26H37N3O6/c1-17(2)16-34-26(31)35-22-10-6-9-20-23(33-13-12-32-5)14-21(28-24(20)22)25(30)29(18(3)4)19-8-7-11-27-15-19/h6,9-10,14,17-19,27H,7-8,11-13,15-16H2,1-5H3/t19-/m1/s1. The van der Waals surface area contributed by atoms with Gasteiger partial charge in [0.05, 0.1) is 13.2 Å². The molecule has 1 amide bonds. The van der Waals surface area contributed by atoms with Gasteiger partial charge in [-0.25, -0.2) is 9.78 Å². The normalized spacial score (nSPS) is 15.9. The van der Waals surface area contributed by atoms with Crippen molar-refractivity contribution in [2.75, 3.05) is 40.0 Å². The third-order valence-corrected chi connectivity index (χ3v) is 5.71. The summed E-state index contributed by atoms with van der Waals surface area (Å²) < 4.78 is 21.7. The second-order valence-corrected chi connectivity index (χ2v) is 9.36. The third-order valence-electron chi connectivity index (χ3n) is 5.71. The number of pyridine rings is 1. The van der Waals surface area contributed by atoms with E-state index in [4.69, 9.17) is 18.9 Å². The van der Waals surface area contributed by atoms with Gasteiger partial charge in [-0.05, 0) is 51.3 Å². The van der Waals surface area contributed by atoms with E-state index in [0.29, 0.717) is 29.9 Å². The number of para-hydroxylation sites is 1. The summed E-state index contributed by atoms with van der Waals surface area (Å²) in [4.78, 5) is 32.6. The fourth-order valence-electron chi connectivity index (χ4n) is 4.12. The van der Waals surface area contributed by atoms with E-state index in [9.17, 15) is 9.59 Å². The summed E-state index contributed by atoms with van der Waals surface area (Å²) in [6.07, 6.45) is 1.12. The molecule has 0 bridgehead atoms. The van der Waals surface area contributed by atoms with Crippen LogP contribution in [0.1, 0.15) is 51.0 Å². The molecule has 9 nitrogen and oxygen atoms in total. The minimum atomic E-state index is -0.816. The van der Waals surface area contributed by atoms with Crippen LogP contribution in [0.3, 0.4) is 0 Å². The van der Waals surface area contributed by atoms with Crippen LogP contribution >= 0.6 is 0 Å². The Morgan fingerprint density at radius 1 is 1.17 bits per heavy atom. The van der Waals surface area contributed by atoms with Crippen LogP contribution in [-0.4, -0.2) is 74.1 Å². The molecule has 1 fully saturated rings. The van der Waals surface area contributed by atoms with Gasteiger partial charge in [-0.2, -0.15) is 0 Å². The highest BCUT2D eigenvalue weighted by atomic mass is 16.7. The van der Waals surface area contributed by atoms with Gasteiger partial charge in [0.15, 0.2) is 5.75 Å². The maximum atomic E-state index is 13.7. The fraction of sp³-hybridized carbons (Fsp3) is 0.577. The van der Waals surface area contributed by atoms with Crippen LogP contribution in [0.25, 0.3) is 10.9 Å².